The molecule has 78 valence electrons. The van der Waals surface area contributed by atoms with Crippen LogP contribution in [-0.2, 0) is 4.74 Å². The maximum Gasteiger partial charge on any atom is 0.0793 e. The lowest BCUT2D eigenvalue weighted by Crippen LogP contribution is -2.39. The first-order valence-corrected chi connectivity index (χ1v) is 4.72. The first kappa shape index (κ1) is 11.1. The highest BCUT2D eigenvalue weighted by atomic mass is 16.5. The van der Waals surface area contributed by atoms with Crippen molar-refractivity contribution in [1.82, 2.24) is 4.90 Å². The van der Waals surface area contributed by atoms with E-state index in [4.69, 9.17) is 4.74 Å². The molecule has 0 saturated carbocycles. The van der Waals surface area contributed by atoms with E-state index in [0.29, 0.717) is 0 Å². The Kier molecular flexibility index (Phi) is 4.49. The van der Waals surface area contributed by atoms with E-state index >= 15 is 0 Å². The van der Waals surface area contributed by atoms with Gasteiger partial charge in [-0.25, -0.2) is 0 Å². The van der Waals surface area contributed by atoms with Gasteiger partial charge in [0.2, 0.25) is 0 Å². The van der Waals surface area contributed by atoms with Crippen LogP contribution >= 0.6 is 0 Å². The average molecular weight is 195 g/mol. The third-order valence-corrected chi connectivity index (χ3v) is 2.16. The van der Waals surface area contributed by atoms with Crippen LogP contribution in [0, 0.1) is 0 Å². The minimum absolute atomic E-state index is 0.789. The van der Waals surface area contributed by atoms with Crippen molar-refractivity contribution >= 4 is 12.4 Å². The Morgan fingerprint density at radius 2 is 2.07 bits per heavy atom. The minimum atomic E-state index is 0.789. The second-order valence-corrected chi connectivity index (χ2v) is 3.36. The topological polar surface area (TPSA) is 37.2 Å². The van der Waals surface area contributed by atoms with E-state index in [1.165, 1.54) is 0 Å². The molecule has 1 aliphatic heterocycles. The van der Waals surface area contributed by atoms with Crippen LogP contribution in [0.25, 0.3) is 0 Å². The van der Waals surface area contributed by atoms with Crippen molar-refractivity contribution in [3.63, 3.8) is 0 Å². The van der Waals surface area contributed by atoms with E-state index in [2.05, 4.69) is 28.4 Å². The second-order valence-electron chi connectivity index (χ2n) is 3.36. The fraction of sp³-hybridized carbons (Fsp3) is 0.600. The van der Waals surface area contributed by atoms with Gasteiger partial charge in [-0.15, -0.1) is 0 Å². The number of hydrogen-bond acceptors (Lipinski definition) is 4. The number of morpholine rings is 1. The summed E-state index contributed by atoms with van der Waals surface area (Å²) in [5.41, 5.74) is 1.85. The number of hydrogen-bond donors (Lipinski definition) is 0. The molecule has 0 N–H and O–H groups in total. The first-order valence-electron chi connectivity index (χ1n) is 4.72. The average Bonchev–Trinajstić information content (AvgIpc) is 2.18. The molecule has 4 heteroatoms. The number of nitrogens with zero attached hydrogens (tertiary/aromatic N) is 3. The van der Waals surface area contributed by atoms with Gasteiger partial charge in [0.05, 0.1) is 18.9 Å². The molecule has 0 unspecified atom stereocenters. The smallest absolute Gasteiger partial charge is 0.0793 e. The number of ether oxygens (including phenoxy) is 1. The summed E-state index contributed by atoms with van der Waals surface area (Å²) in [6.07, 6.45) is 0. The number of rotatable bonds is 4. The summed E-state index contributed by atoms with van der Waals surface area (Å²) in [6.45, 7) is 13.4. The Bertz CT molecular complexity index is 242. The lowest BCUT2D eigenvalue weighted by Gasteiger charge is -2.26. The summed E-state index contributed by atoms with van der Waals surface area (Å²) in [7, 11) is 0. The van der Waals surface area contributed by atoms with Gasteiger partial charge in [-0.2, -0.15) is 10.2 Å². The van der Waals surface area contributed by atoms with Crippen LogP contribution in [0.5, 0.6) is 0 Å². The predicted octanol–water partition coefficient (Wildman–Crippen LogP) is 0.951. The van der Waals surface area contributed by atoms with Crippen LogP contribution in [0.3, 0.4) is 0 Å². The Balaban J connectivity index is 2.50. The minimum Gasteiger partial charge on any atom is -0.379 e. The quantitative estimate of drug-likeness (QED) is 0.495. The van der Waals surface area contributed by atoms with Crippen LogP contribution in [-0.4, -0.2) is 50.2 Å². The van der Waals surface area contributed by atoms with Crippen LogP contribution in [0.2, 0.25) is 0 Å². The summed E-state index contributed by atoms with van der Waals surface area (Å²) in [6, 6.07) is 0. The monoisotopic (exact) mass is 195 g/mol. The third kappa shape index (κ3) is 3.40. The van der Waals surface area contributed by atoms with Crippen LogP contribution in [0.4, 0.5) is 0 Å². The van der Waals surface area contributed by atoms with Crippen molar-refractivity contribution in [1.29, 1.82) is 0 Å². The molecule has 4 nitrogen and oxygen atoms in total. The molecule has 0 bridgehead atoms. The molecule has 0 amide bonds. The van der Waals surface area contributed by atoms with E-state index in [1.807, 2.05) is 6.92 Å². The van der Waals surface area contributed by atoms with E-state index in [1.54, 1.807) is 0 Å². The fourth-order valence-electron chi connectivity index (χ4n) is 1.31. The maximum atomic E-state index is 5.26. The van der Waals surface area contributed by atoms with Gasteiger partial charge in [-0.1, -0.05) is 6.58 Å². The van der Waals surface area contributed by atoms with Gasteiger partial charge in [-0.05, 0) is 12.5 Å². The van der Waals surface area contributed by atoms with Gasteiger partial charge in [0.1, 0.15) is 0 Å². The van der Waals surface area contributed by atoms with Gasteiger partial charge >= 0.3 is 0 Å². The summed E-state index contributed by atoms with van der Waals surface area (Å²) >= 11 is 0. The fourth-order valence-corrected chi connectivity index (χ4v) is 1.31. The molecule has 1 rings (SSSR count). The summed E-state index contributed by atoms with van der Waals surface area (Å²) in [5.74, 6) is 0. The van der Waals surface area contributed by atoms with Gasteiger partial charge < -0.3 is 4.74 Å². The third-order valence-electron chi connectivity index (χ3n) is 2.16. The Hall–Kier alpha value is -1.00. The molecule has 0 aromatic carbocycles. The zero-order chi connectivity index (χ0) is 10.4. The molecular weight excluding hydrogens is 178 g/mol. The standard InChI is InChI=1S/C10H17N3O/c1-9(2)10(12-11-3)8-13-4-6-14-7-5-13/h1,3-8H2,2H3/b12-10-. The zero-order valence-corrected chi connectivity index (χ0v) is 8.70. The van der Waals surface area contributed by atoms with Crippen molar-refractivity contribution in [2.75, 3.05) is 32.8 Å². The molecule has 1 saturated heterocycles. The highest BCUT2D eigenvalue weighted by Gasteiger charge is 2.13. The van der Waals surface area contributed by atoms with Gasteiger partial charge in [-0.3, -0.25) is 4.90 Å². The van der Waals surface area contributed by atoms with Gasteiger partial charge in [0.15, 0.2) is 0 Å². The van der Waals surface area contributed by atoms with E-state index in [9.17, 15) is 0 Å². The molecule has 1 aliphatic rings. The van der Waals surface area contributed by atoms with Crippen LogP contribution in [0.1, 0.15) is 6.92 Å². The lowest BCUT2D eigenvalue weighted by atomic mass is 10.2. The molecule has 0 aliphatic carbocycles. The lowest BCUT2D eigenvalue weighted by molar-refractivity contribution is 0.0453. The molecule has 1 heterocycles. The van der Waals surface area contributed by atoms with E-state index < -0.39 is 0 Å². The van der Waals surface area contributed by atoms with E-state index in [0.717, 1.165) is 44.1 Å². The molecule has 0 spiro atoms. The Morgan fingerprint density at radius 1 is 1.43 bits per heavy atom. The summed E-state index contributed by atoms with van der Waals surface area (Å²) < 4.78 is 5.26. The molecule has 0 aromatic heterocycles. The highest BCUT2D eigenvalue weighted by Crippen LogP contribution is 2.01. The van der Waals surface area contributed by atoms with Crippen molar-refractivity contribution in [3.05, 3.63) is 12.2 Å². The maximum absolute atomic E-state index is 5.26. The van der Waals surface area contributed by atoms with Crippen LogP contribution in [0.15, 0.2) is 22.4 Å². The molecular formula is C10H17N3O. The van der Waals surface area contributed by atoms with Crippen LogP contribution < -0.4 is 0 Å². The summed E-state index contributed by atoms with van der Waals surface area (Å²) in [4.78, 5) is 2.28. The molecule has 0 atom stereocenters. The first-order chi connectivity index (χ1) is 6.74. The SMILES string of the molecule is C=N/N=C(/CN1CCOCC1)C(=C)C. The van der Waals surface area contributed by atoms with Crippen molar-refractivity contribution in [3.8, 4) is 0 Å². The Morgan fingerprint density at radius 3 is 2.57 bits per heavy atom. The van der Waals surface area contributed by atoms with Crippen molar-refractivity contribution < 1.29 is 4.74 Å². The van der Waals surface area contributed by atoms with Crippen molar-refractivity contribution in [2.45, 2.75) is 6.92 Å². The van der Waals surface area contributed by atoms with E-state index in [-0.39, 0.29) is 0 Å². The summed E-state index contributed by atoms with van der Waals surface area (Å²) in [5, 5.41) is 7.51. The van der Waals surface area contributed by atoms with Gasteiger partial charge in [0, 0.05) is 26.4 Å². The largest absolute Gasteiger partial charge is 0.379 e. The molecule has 0 aromatic rings. The molecule has 0 radical (unpaired) electrons. The van der Waals surface area contributed by atoms with Gasteiger partial charge in [0.25, 0.3) is 0 Å². The van der Waals surface area contributed by atoms with Crippen molar-refractivity contribution in [2.24, 2.45) is 10.2 Å². The molecule has 14 heavy (non-hydrogen) atoms. The second kappa shape index (κ2) is 5.67. The highest BCUT2D eigenvalue weighted by molar-refractivity contribution is 6.00. The normalized spacial score (nSPS) is 19.4. The zero-order valence-electron chi connectivity index (χ0n) is 8.70. The molecule has 1 fully saturated rings. The Labute approximate surface area is 85.0 Å². The predicted molar refractivity (Wildman–Crippen MR) is 59.1 cm³/mol.